The Balaban J connectivity index is 1.76. The minimum Gasteiger partial charge on any atom is -0.376 e. The third-order valence-corrected chi connectivity index (χ3v) is 6.99. The molecule has 2 atom stereocenters. The number of benzene rings is 1. The van der Waals surface area contributed by atoms with E-state index in [1.165, 1.54) is 10.4 Å². The van der Waals surface area contributed by atoms with E-state index in [2.05, 4.69) is 0 Å². The monoisotopic (exact) mass is 422 g/mol. The van der Waals surface area contributed by atoms with Gasteiger partial charge in [-0.1, -0.05) is 6.07 Å². The van der Waals surface area contributed by atoms with Gasteiger partial charge in [-0.3, -0.25) is 10.0 Å². The number of halogens is 3. The second-order valence-corrected chi connectivity index (χ2v) is 8.96. The third kappa shape index (κ3) is 4.48. The van der Waals surface area contributed by atoms with Crippen molar-refractivity contribution in [1.82, 2.24) is 9.37 Å². The van der Waals surface area contributed by atoms with Crippen LogP contribution in [0.25, 0.3) is 0 Å². The number of hydroxylamine groups is 2. The number of rotatable bonds is 6. The lowest BCUT2D eigenvalue weighted by Crippen LogP contribution is -2.49. The summed E-state index contributed by atoms with van der Waals surface area (Å²) in [6.07, 6.45) is -3.52. The van der Waals surface area contributed by atoms with Gasteiger partial charge in [-0.05, 0) is 42.5 Å². The van der Waals surface area contributed by atoms with Crippen LogP contribution >= 0.6 is 0 Å². The number of carbonyl (C=O) groups excluding carboxylic acids is 1. The van der Waals surface area contributed by atoms with Gasteiger partial charge >= 0.3 is 6.18 Å². The Bertz CT molecular complexity index is 825. The molecule has 1 saturated heterocycles. The minimum atomic E-state index is -4.45. The second-order valence-electron chi connectivity index (χ2n) is 6.95. The maximum Gasteiger partial charge on any atom is 0.416 e. The number of hydrogen-bond donors (Lipinski definition) is 1. The van der Waals surface area contributed by atoms with E-state index in [4.69, 9.17) is 4.74 Å². The van der Waals surface area contributed by atoms with E-state index < -0.39 is 39.7 Å². The van der Waals surface area contributed by atoms with Crippen molar-refractivity contribution >= 4 is 16.4 Å². The molecule has 7 nitrogen and oxygen atoms in total. The molecular weight excluding hydrogens is 401 g/mol. The lowest BCUT2D eigenvalue weighted by molar-refractivity contribution is -0.168. The maximum atomic E-state index is 12.8. The van der Waals surface area contributed by atoms with E-state index in [9.17, 15) is 31.6 Å². The molecule has 0 aromatic heterocycles. The highest BCUT2D eigenvalue weighted by atomic mass is 32.2. The van der Waals surface area contributed by atoms with Gasteiger partial charge in [-0.25, -0.2) is 13.5 Å². The Hall–Kier alpha value is -1.69. The van der Waals surface area contributed by atoms with E-state index in [1.807, 2.05) is 0 Å². The van der Waals surface area contributed by atoms with Crippen LogP contribution in [0.5, 0.6) is 0 Å². The van der Waals surface area contributed by atoms with Gasteiger partial charge < -0.3 is 4.74 Å². The molecule has 2 heterocycles. The quantitative estimate of drug-likeness (QED) is 0.429. The average Bonchev–Trinajstić information content (AvgIpc) is 3.18. The number of amides is 1. The Morgan fingerprint density at radius 3 is 2.71 bits per heavy atom. The van der Waals surface area contributed by atoms with Crippen LogP contribution in [0.1, 0.15) is 29.5 Å². The first kappa shape index (κ1) is 21.0. The van der Waals surface area contributed by atoms with Crippen LogP contribution < -0.4 is 0 Å². The van der Waals surface area contributed by atoms with Gasteiger partial charge in [0.05, 0.1) is 17.4 Å². The first-order valence-electron chi connectivity index (χ1n) is 8.83. The summed E-state index contributed by atoms with van der Waals surface area (Å²) in [4.78, 5) is 11.0. The topological polar surface area (TPSA) is 87.2 Å². The summed E-state index contributed by atoms with van der Waals surface area (Å²) in [7, 11) is -3.89. The zero-order valence-corrected chi connectivity index (χ0v) is 15.7. The van der Waals surface area contributed by atoms with Crippen molar-refractivity contribution in [2.75, 3.05) is 18.9 Å². The summed E-state index contributed by atoms with van der Waals surface area (Å²) >= 11 is 0. The molecule has 1 unspecified atom stereocenters. The van der Waals surface area contributed by atoms with E-state index >= 15 is 0 Å². The van der Waals surface area contributed by atoms with Gasteiger partial charge in [0.25, 0.3) is 0 Å². The highest BCUT2D eigenvalue weighted by Crippen LogP contribution is 2.32. The average molecular weight is 422 g/mol. The molecule has 0 saturated carbocycles. The molecule has 1 N–H and O–H groups in total. The number of nitrogens with zero attached hydrogens (tertiary/aromatic N) is 2. The second kappa shape index (κ2) is 7.97. The van der Waals surface area contributed by atoms with E-state index in [0.717, 1.165) is 12.1 Å². The summed E-state index contributed by atoms with van der Waals surface area (Å²) in [5.41, 5.74) is 0.212. The number of ether oxygens (including phenoxy) is 1. The minimum absolute atomic E-state index is 0.0292. The lowest BCUT2D eigenvalue weighted by Gasteiger charge is -2.32. The van der Waals surface area contributed by atoms with Crippen molar-refractivity contribution < 1.29 is 36.3 Å². The first-order chi connectivity index (χ1) is 13.1. The largest absolute Gasteiger partial charge is 0.416 e. The predicted octanol–water partition coefficient (Wildman–Crippen LogP) is 1.79. The molecule has 156 valence electrons. The SMILES string of the molecule is O=CN(O)C(CS(=O)(=O)N1CCc2cc(C(F)(F)F)ccc2C1)[C@H]1CCCO1. The smallest absolute Gasteiger partial charge is 0.376 e. The molecule has 2 aliphatic heterocycles. The number of sulfonamides is 1. The molecule has 1 fully saturated rings. The maximum absolute atomic E-state index is 12.8. The molecule has 11 heteroatoms. The zero-order chi connectivity index (χ0) is 20.5. The summed E-state index contributed by atoms with van der Waals surface area (Å²) < 4.78 is 70.8. The molecule has 28 heavy (non-hydrogen) atoms. The lowest BCUT2D eigenvalue weighted by atomic mass is 9.98. The Labute approximate surface area is 160 Å². The van der Waals surface area contributed by atoms with Crippen LogP contribution in [0.4, 0.5) is 13.2 Å². The standard InChI is InChI=1S/C17H21F3N2O5S/c18-17(19,20)14-4-3-13-9-21(6-5-12(13)8-14)28(25,26)10-15(22(24)11-23)16-2-1-7-27-16/h3-4,8,11,15-16,24H,1-2,5-7,9-10H2/t15?,16-/m1/s1. The molecule has 0 spiro atoms. The van der Waals surface area contributed by atoms with Gasteiger partial charge in [0.2, 0.25) is 16.4 Å². The molecular formula is C17H21F3N2O5S. The van der Waals surface area contributed by atoms with Crippen molar-refractivity contribution in [3.05, 3.63) is 34.9 Å². The van der Waals surface area contributed by atoms with Crippen molar-refractivity contribution in [2.24, 2.45) is 0 Å². The first-order valence-corrected chi connectivity index (χ1v) is 10.4. The van der Waals surface area contributed by atoms with E-state index in [0.29, 0.717) is 35.6 Å². The molecule has 1 aromatic rings. The Morgan fingerprint density at radius 1 is 1.36 bits per heavy atom. The van der Waals surface area contributed by atoms with Gasteiger partial charge in [0, 0.05) is 19.7 Å². The number of fused-ring (bicyclic) bond motifs is 1. The van der Waals surface area contributed by atoms with Crippen LogP contribution in [-0.4, -0.2) is 60.5 Å². The predicted molar refractivity (Wildman–Crippen MR) is 91.8 cm³/mol. The summed E-state index contributed by atoms with van der Waals surface area (Å²) in [6, 6.07) is 2.24. The van der Waals surface area contributed by atoms with Crippen LogP contribution in [0.2, 0.25) is 0 Å². The molecule has 1 amide bonds. The molecule has 1 aromatic carbocycles. The fourth-order valence-electron chi connectivity index (χ4n) is 3.60. The van der Waals surface area contributed by atoms with Gasteiger partial charge in [-0.15, -0.1) is 0 Å². The van der Waals surface area contributed by atoms with Crippen molar-refractivity contribution in [2.45, 2.75) is 44.1 Å². The van der Waals surface area contributed by atoms with E-state index in [-0.39, 0.29) is 25.9 Å². The summed E-state index contributed by atoms with van der Waals surface area (Å²) in [5, 5.41) is 10.1. The molecule has 3 rings (SSSR count). The number of hydrogen-bond acceptors (Lipinski definition) is 5. The Kier molecular flexibility index (Phi) is 5.99. The van der Waals surface area contributed by atoms with Crippen LogP contribution in [0.3, 0.4) is 0 Å². The molecule has 0 aliphatic carbocycles. The fraction of sp³-hybridized carbons (Fsp3) is 0.588. The van der Waals surface area contributed by atoms with Crippen LogP contribution in [0.15, 0.2) is 18.2 Å². The molecule has 2 aliphatic rings. The molecule has 0 bridgehead atoms. The van der Waals surface area contributed by atoms with Crippen LogP contribution in [-0.2, 0) is 38.7 Å². The van der Waals surface area contributed by atoms with E-state index in [1.54, 1.807) is 0 Å². The highest BCUT2D eigenvalue weighted by Gasteiger charge is 2.38. The van der Waals surface area contributed by atoms with Gasteiger partial charge in [0.15, 0.2) is 0 Å². The van der Waals surface area contributed by atoms with Crippen LogP contribution in [0, 0.1) is 0 Å². The highest BCUT2D eigenvalue weighted by molar-refractivity contribution is 7.89. The number of alkyl halides is 3. The van der Waals surface area contributed by atoms with Crippen molar-refractivity contribution in [3.63, 3.8) is 0 Å². The third-order valence-electron chi connectivity index (χ3n) is 5.13. The zero-order valence-electron chi connectivity index (χ0n) is 14.9. The van der Waals surface area contributed by atoms with Crippen molar-refractivity contribution in [1.29, 1.82) is 0 Å². The van der Waals surface area contributed by atoms with Crippen molar-refractivity contribution in [3.8, 4) is 0 Å². The Morgan fingerprint density at radius 2 is 2.11 bits per heavy atom. The van der Waals surface area contributed by atoms with Gasteiger partial charge in [-0.2, -0.15) is 17.5 Å². The summed E-state index contributed by atoms with van der Waals surface area (Å²) in [6.45, 7) is 0.397. The molecule has 0 radical (unpaired) electrons. The summed E-state index contributed by atoms with van der Waals surface area (Å²) in [5.74, 6) is -0.525. The normalized spacial score (nSPS) is 21.9. The number of carbonyl (C=O) groups is 1. The fourth-order valence-corrected chi connectivity index (χ4v) is 5.32. The van der Waals surface area contributed by atoms with Gasteiger partial charge in [0.1, 0.15) is 6.04 Å².